The number of amides is 1. The van der Waals surface area contributed by atoms with Crippen molar-refractivity contribution in [3.63, 3.8) is 0 Å². The molecule has 76 heavy (non-hydrogen) atoms. The second kappa shape index (κ2) is 23.3. The van der Waals surface area contributed by atoms with Gasteiger partial charge >= 0.3 is 0 Å². The van der Waals surface area contributed by atoms with Gasteiger partial charge in [0.05, 0.1) is 41.4 Å². The van der Waals surface area contributed by atoms with E-state index in [1.165, 1.54) is 72.7 Å². The molecule has 6 aromatic carbocycles. The highest BCUT2D eigenvalue weighted by Crippen LogP contribution is 2.29. The predicted octanol–water partition coefficient (Wildman–Crippen LogP) is 16.4. The number of anilines is 2. The summed E-state index contributed by atoms with van der Waals surface area (Å²) in [5.41, 5.74) is 16.4. The van der Waals surface area contributed by atoms with Crippen LogP contribution in [0.15, 0.2) is 213 Å². The minimum atomic E-state index is -0.160. The third-order valence-corrected chi connectivity index (χ3v) is 12.6. The van der Waals surface area contributed by atoms with Crippen LogP contribution in [0, 0.1) is 0 Å². The van der Waals surface area contributed by atoms with E-state index in [1.54, 1.807) is 12.4 Å². The van der Waals surface area contributed by atoms with Crippen molar-refractivity contribution in [1.29, 1.82) is 0 Å². The van der Waals surface area contributed by atoms with E-state index in [0.29, 0.717) is 5.82 Å². The van der Waals surface area contributed by atoms with Gasteiger partial charge in [0.1, 0.15) is 5.69 Å². The molecule has 12 heteroatoms. The Morgan fingerprint density at radius 1 is 0.408 bits per heavy atom. The summed E-state index contributed by atoms with van der Waals surface area (Å²) in [7, 11) is 4.03. The first kappa shape index (κ1) is 52.4. The molecule has 0 saturated heterocycles. The zero-order valence-electron chi connectivity index (χ0n) is 40.4. The number of H-pyrrole nitrogens is 6. The Morgan fingerprint density at radius 3 is 1.37 bits per heavy atom. The first-order valence-electron chi connectivity index (χ1n) is 24.0. The minimum Gasteiger partial charge on any atom is -0.376 e. The summed E-state index contributed by atoms with van der Waals surface area (Å²) in [5, 5.41) is 9.92. The molecule has 1 amide bonds. The Kier molecular flexibility index (Phi) is 16.1. The van der Waals surface area contributed by atoms with Crippen LogP contribution in [0.1, 0.15) is 29.2 Å². The molecule has 12 nitrogen and oxygen atoms in total. The molecular weight excluding hydrogens is 939 g/mol. The fourth-order valence-electron chi connectivity index (χ4n) is 8.84. The van der Waals surface area contributed by atoms with Crippen LogP contribution in [-0.2, 0) is 4.79 Å². The maximum atomic E-state index is 10.9. The van der Waals surface area contributed by atoms with Crippen molar-refractivity contribution in [3.05, 3.63) is 213 Å². The number of carbonyl (C=O) groups excluding carboxylic acids is 1. The lowest BCUT2D eigenvalue weighted by Crippen LogP contribution is -2.08. The highest BCUT2D eigenvalue weighted by Gasteiger charge is 2.09. The molecule has 14 aromatic rings. The smallest absolute Gasteiger partial charge is 0.222 e. The topological polar surface area (TPSA) is 166 Å². The number of rotatable bonds is 6. The lowest BCUT2D eigenvalue weighted by Gasteiger charge is -2.11. The molecule has 8 heterocycles. The van der Waals surface area contributed by atoms with Crippen LogP contribution in [0.2, 0.25) is 0 Å². The molecule has 0 atom stereocenters. The molecule has 0 saturated carbocycles. The van der Waals surface area contributed by atoms with Crippen molar-refractivity contribution in [2.24, 2.45) is 0 Å². The summed E-state index contributed by atoms with van der Waals surface area (Å²) < 4.78 is 0. The van der Waals surface area contributed by atoms with Gasteiger partial charge in [-0.25, -0.2) is 9.97 Å². The molecule has 0 radical (unpaired) electrons. The second-order valence-electron chi connectivity index (χ2n) is 17.9. The second-order valence-corrected chi connectivity index (χ2v) is 17.9. The van der Waals surface area contributed by atoms with Crippen LogP contribution in [0.3, 0.4) is 0 Å². The summed E-state index contributed by atoms with van der Waals surface area (Å²) in [6.07, 6.45) is 9.01. The fourth-order valence-corrected chi connectivity index (χ4v) is 8.84. The van der Waals surface area contributed by atoms with E-state index in [2.05, 4.69) is 184 Å². The number of aromatic nitrogens is 9. The van der Waals surface area contributed by atoms with Crippen molar-refractivity contribution in [2.75, 3.05) is 24.3 Å². The molecule has 0 fully saturated rings. The van der Waals surface area contributed by atoms with Gasteiger partial charge in [-0.15, -0.1) is 0 Å². The van der Waals surface area contributed by atoms with E-state index in [0.717, 1.165) is 50.6 Å². The lowest BCUT2D eigenvalue weighted by molar-refractivity contribution is -0.114. The molecule has 8 aromatic heterocycles. The number of nitrogens with one attached hydrogen (secondary N) is 7. The van der Waals surface area contributed by atoms with Crippen molar-refractivity contribution < 1.29 is 4.79 Å². The monoisotopic (exact) mass is 1000 g/mol. The molecule has 380 valence electrons. The van der Waals surface area contributed by atoms with Crippen molar-refractivity contribution in [1.82, 2.24) is 44.9 Å². The van der Waals surface area contributed by atoms with Gasteiger partial charge in [0.15, 0.2) is 5.82 Å². The van der Waals surface area contributed by atoms with E-state index >= 15 is 0 Å². The van der Waals surface area contributed by atoms with Crippen LogP contribution in [0.25, 0.3) is 111 Å². The van der Waals surface area contributed by atoms with Gasteiger partial charge in [-0.3, -0.25) is 9.78 Å². The largest absolute Gasteiger partial charge is 0.376 e. The molecule has 0 aliphatic heterocycles. The number of benzene rings is 6. The van der Waals surface area contributed by atoms with E-state index in [4.69, 9.17) is 0 Å². The van der Waals surface area contributed by atoms with Crippen LogP contribution < -0.4 is 10.2 Å². The average molecular weight is 1000 g/mol. The van der Waals surface area contributed by atoms with E-state index in [1.807, 2.05) is 86.1 Å². The molecule has 0 unspecified atom stereocenters. The molecule has 0 spiro atoms. The van der Waals surface area contributed by atoms with Crippen molar-refractivity contribution in [2.45, 2.75) is 29.2 Å². The Hall–Kier alpha value is -9.94. The first-order chi connectivity index (χ1) is 35.8. The maximum Gasteiger partial charge on any atom is 0.222 e. The van der Waals surface area contributed by atoms with Gasteiger partial charge in [-0.2, -0.15) is 0 Å². The Labute approximate surface area is 442 Å². The molecule has 0 aliphatic rings. The van der Waals surface area contributed by atoms with Crippen LogP contribution in [-0.4, -0.2) is 64.9 Å². The van der Waals surface area contributed by atoms with Crippen LogP contribution in [0.4, 0.5) is 11.5 Å². The van der Waals surface area contributed by atoms with Gasteiger partial charge in [-0.05, 0) is 102 Å². The van der Waals surface area contributed by atoms with E-state index < -0.39 is 0 Å². The Bertz CT molecular complexity index is 3870. The zero-order chi connectivity index (χ0) is 49.7. The summed E-state index contributed by atoms with van der Waals surface area (Å²) in [4.78, 5) is 45.9. The normalized spacial score (nSPS) is 10.6. The number of aromatic amines is 6. The summed E-state index contributed by atoms with van der Waals surface area (Å²) >= 11 is 0. The molecule has 0 aliphatic carbocycles. The van der Waals surface area contributed by atoms with Gasteiger partial charge in [0.25, 0.3) is 0 Å². The highest BCUT2D eigenvalue weighted by molar-refractivity contribution is 5.92. The Morgan fingerprint density at radius 2 is 0.868 bits per heavy atom. The van der Waals surface area contributed by atoms with Gasteiger partial charge in [-0.1, -0.05) is 113 Å². The number of nitrogens with zero attached hydrogens (tertiary/aromatic N) is 4. The maximum absolute atomic E-state index is 10.9. The molecule has 0 bridgehead atoms. The summed E-state index contributed by atoms with van der Waals surface area (Å²) in [6, 6.07) is 62.8. The average Bonchev–Trinajstić information content (AvgIpc) is 4.31. The van der Waals surface area contributed by atoms with E-state index in [-0.39, 0.29) is 28.2 Å². The first-order valence-corrected chi connectivity index (χ1v) is 24.0. The zero-order valence-corrected chi connectivity index (χ0v) is 40.4. The summed E-state index contributed by atoms with van der Waals surface area (Å²) in [5.74, 6) is 0.292. The molecule has 7 N–H and O–H groups in total. The van der Waals surface area contributed by atoms with Gasteiger partial charge in [0.2, 0.25) is 5.91 Å². The standard InChI is InChI=1S/2C16H12N2.C15H15N3.C14H12N4O.3CH4/c1-2-4-14-12(3-1)10-16(18-14)13-6-5-11-7-8-17-15(11)9-13;1-2-4-15-11(3-1)10-16(18-15)12-5-6-14-13(9-12)7-8-17-14;1-18(2)12-7-8-14(16-10-12)15-9-11-5-3-4-6-13(11)17-15;1-9(19)17-14-8-15-13(7-16-14)12-6-10-4-2-3-5-11(10)18-12;;;/h2*1-10,17-18H;3-10,17H,1-2H3;2-8,18H,1H3,(H,16,17,19);3*1H4. The third-order valence-electron chi connectivity index (χ3n) is 12.6. The highest BCUT2D eigenvalue weighted by atomic mass is 16.1. The minimum absolute atomic E-state index is 0. The van der Waals surface area contributed by atoms with E-state index in [9.17, 15) is 4.79 Å². The SMILES string of the molecule is C.C.C.CC(=O)Nc1cnc(-c2cc3ccccc3[nH]2)cn1.CN(C)c1ccc(-c2cc3ccccc3[nH]2)nc1.c1ccc2[nH]c(-c3ccc4[nH]ccc4c3)cc2c1.c1ccc2[nH]c(-c3ccc4cc[nH]c4c3)cc2c1. The predicted molar refractivity (Wildman–Crippen MR) is 321 cm³/mol. The number of hydrogen-bond acceptors (Lipinski definition) is 5. The quantitative estimate of drug-likeness (QED) is 0.0880. The van der Waals surface area contributed by atoms with Crippen molar-refractivity contribution in [3.8, 4) is 45.3 Å². The molecular formula is C64H63N11O. The molecule has 14 rings (SSSR count). The fraction of sp³-hybridized carbons (Fsp3) is 0.0938. The number of hydrogen-bond donors (Lipinski definition) is 7. The number of carbonyl (C=O) groups is 1. The van der Waals surface area contributed by atoms with Crippen LogP contribution >= 0.6 is 0 Å². The lowest BCUT2D eigenvalue weighted by atomic mass is 10.1. The van der Waals surface area contributed by atoms with Gasteiger partial charge < -0.3 is 40.1 Å². The van der Waals surface area contributed by atoms with Crippen molar-refractivity contribution >= 4 is 82.8 Å². The summed E-state index contributed by atoms with van der Waals surface area (Å²) in [6.45, 7) is 1.44. The number of pyridine rings is 1. The number of para-hydroxylation sites is 4. The third kappa shape index (κ3) is 11.6. The number of fused-ring (bicyclic) bond motifs is 6. The van der Waals surface area contributed by atoms with Gasteiger partial charge in [0, 0.05) is 110 Å². The Balaban J connectivity index is 0.000000133. The van der Waals surface area contributed by atoms with Crippen LogP contribution in [0.5, 0.6) is 0 Å².